The molecule has 0 bridgehead atoms. The van der Waals surface area contributed by atoms with Gasteiger partial charge in [0.2, 0.25) is 0 Å². The van der Waals surface area contributed by atoms with Gasteiger partial charge < -0.3 is 33.8 Å². The normalized spacial score (nSPS) is 14.2. The van der Waals surface area contributed by atoms with Crippen LogP contribution in [0.25, 0.3) is 0 Å². The summed E-state index contributed by atoms with van der Waals surface area (Å²) in [5.41, 5.74) is 0. The van der Waals surface area contributed by atoms with Gasteiger partial charge in [0.15, 0.2) is 12.2 Å². The number of carbonyl (C=O) groups excluding carboxylic acids is 4. The van der Waals surface area contributed by atoms with E-state index in [2.05, 4.69) is 65.8 Å². The van der Waals surface area contributed by atoms with Gasteiger partial charge in [-0.2, -0.15) is 0 Å². The van der Waals surface area contributed by atoms with Crippen molar-refractivity contribution < 1.29 is 80.2 Å². The van der Waals surface area contributed by atoms with Crippen molar-refractivity contribution in [3.05, 3.63) is 24.3 Å². The Morgan fingerprint density at radius 2 is 0.568 bits per heavy atom. The highest BCUT2D eigenvalue weighted by atomic mass is 31.2. The van der Waals surface area contributed by atoms with E-state index in [1.54, 1.807) is 0 Å². The summed E-state index contributed by atoms with van der Waals surface area (Å²) in [6.45, 7) is 9.50. The minimum atomic E-state index is -4.97. The zero-order chi connectivity index (χ0) is 70.0. The van der Waals surface area contributed by atoms with Gasteiger partial charge in [0.1, 0.15) is 19.3 Å². The number of ether oxygens (including phenoxy) is 4. The average molecular weight is 1390 g/mol. The standard InChI is InChI=1S/C76H144O17P2/c1-7-9-11-13-15-17-19-21-23-25-29-33-40-46-52-58-73(78)86-64-71(92-75(80)60-54-48-42-34-30-26-24-22-20-18-16-14-12-10-8-2)66-90-94(82,83)88-62-70(77)63-89-95(84,85)91-67-72(65-87-74(79)59-53-47-41-37-36-39-45-51-57-69(5)6)93-76(81)61-55-49-43-35-31-27-28-32-38-44-50-56-68(3)4/h18,20,22,24,68-72,77H,7-17,19,21,23,25-67H2,1-6H3,(H,82,83)(H,84,85)/b20-18-,24-22-/t70-,71-,72-/m1/s1. The molecule has 5 atom stereocenters. The van der Waals surface area contributed by atoms with Crippen LogP contribution in [0.2, 0.25) is 0 Å². The minimum absolute atomic E-state index is 0.0854. The highest BCUT2D eigenvalue weighted by Crippen LogP contribution is 2.45. The molecule has 0 aromatic heterocycles. The smallest absolute Gasteiger partial charge is 0.462 e. The molecule has 17 nitrogen and oxygen atoms in total. The molecule has 0 aliphatic rings. The second-order valence-corrected chi connectivity index (χ2v) is 30.6. The Bertz CT molecular complexity index is 1930. The average Bonchev–Trinajstić information content (AvgIpc) is 1.25. The van der Waals surface area contributed by atoms with Crippen molar-refractivity contribution in [2.45, 2.75) is 387 Å². The molecule has 560 valence electrons. The number of phosphoric acid groups is 2. The molecule has 0 rings (SSSR count). The number of aliphatic hydroxyl groups is 1. The van der Waals surface area contributed by atoms with Crippen molar-refractivity contribution in [1.29, 1.82) is 0 Å². The van der Waals surface area contributed by atoms with Crippen LogP contribution in [0, 0.1) is 11.8 Å². The fourth-order valence-corrected chi connectivity index (χ4v) is 12.7. The summed E-state index contributed by atoms with van der Waals surface area (Å²) in [5.74, 6) is -0.657. The second-order valence-electron chi connectivity index (χ2n) is 27.7. The molecule has 0 aromatic carbocycles. The molecule has 0 spiro atoms. The molecular weight excluding hydrogens is 1250 g/mol. The molecule has 0 aromatic rings. The zero-order valence-electron chi connectivity index (χ0n) is 61.5. The highest BCUT2D eigenvalue weighted by Gasteiger charge is 2.30. The molecule has 0 amide bonds. The molecule has 2 unspecified atom stereocenters. The third-order valence-corrected chi connectivity index (χ3v) is 19.0. The fourth-order valence-electron chi connectivity index (χ4n) is 11.1. The first-order valence-corrected chi connectivity index (χ1v) is 41.8. The Labute approximate surface area is 580 Å². The maximum Gasteiger partial charge on any atom is 0.472 e. The minimum Gasteiger partial charge on any atom is -0.462 e. The lowest BCUT2D eigenvalue weighted by Gasteiger charge is -2.21. The first-order valence-electron chi connectivity index (χ1n) is 38.8. The number of allylic oxidation sites excluding steroid dienone is 4. The van der Waals surface area contributed by atoms with Crippen molar-refractivity contribution in [3.8, 4) is 0 Å². The summed E-state index contributed by atoms with van der Waals surface area (Å²) in [6.07, 6.45) is 57.6. The van der Waals surface area contributed by atoms with Gasteiger partial charge in [0.05, 0.1) is 26.4 Å². The maximum absolute atomic E-state index is 13.1. The number of carbonyl (C=O) groups is 4. The SMILES string of the molecule is CCCCCC/C=C\C=C/CCCCCCCC(=O)O[C@H](COC(=O)CCCCCCCCCCCCCCCCC)COP(=O)(O)OC[C@@H](O)COP(=O)(O)OC[C@@H](COC(=O)CCCCCCCCCCC(C)C)OC(=O)CCCCCCCCCCCCCC(C)C. The van der Waals surface area contributed by atoms with Crippen molar-refractivity contribution in [2.75, 3.05) is 39.6 Å². The van der Waals surface area contributed by atoms with Crippen LogP contribution in [-0.4, -0.2) is 96.7 Å². The van der Waals surface area contributed by atoms with Crippen LogP contribution in [0.1, 0.15) is 369 Å². The lowest BCUT2D eigenvalue weighted by molar-refractivity contribution is -0.161. The Morgan fingerprint density at radius 1 is 0.326 bits per heavy atom. The van der Waals surface area contributed by atoms with Gasteiger partial charge in [-0.05, 0) is 63.2 Å². The fraction of sp³-hybridized carbons (Fsp3) is 0.895. The van der Waals surface area contributed by atoms with E-state index in [-0.39, 0.29) is 25.7 Å². The molecule has 3 N–H and O–H groups in total. The number of esters is 4. The van der Waals surface area contributed by atoms with E-state index in [1.807, 2.05) is 0 Å². The van der Waals surface area contributed by atoms with E-state index >= 15 is 0 Å². The van der Waals surface area contributed by atoms with Gasteiger partial charge in [-0.15, -0.1) is 0 Å². The molecule has 0 radical (unpaired) electrons. The monoisotopic (exact) mass is 1390 g/mol. The first-order chi connectivity index (χ1) is 45.9. The van der Waals surface area contributed by atoms with E-state index in [0.717, 1.165) is 115 Å². The number of aliphatic hydroxyl groups excluding tert-OH is 1. The largest absolute Gasteiger partial charge is 0.472 e. The van der Waals surface area contributed by atoms with Gasteiger partial charge in [-0.1, -0.05) is 316 Å². The molecule has 0 heterocycles. The number of hydrogen-bond donors (Lipinski definition) is 3. The second kappa shape index (κ2) is 67.4. The summed E-state index contributed by atoms with van der Waals surface area (Å²) >= 11 is 0. The maximum atomic E-state index is 13.1. The zero-order valence-corrected chi connectivity index (χ0v) is 63.2. The molecule has 95 heavy (non-hydrogen) atoms. The lowest BCUT2D eigenvalue weighted by Crippen LogP contribution is -2.30. The topological polar surface area (TPSA) is 237 Å². The third-order valence-electron chi connectivity index (χ3n) is 17.1. The van der Waals surface area contributed by atoms with E-state index < -0.39 is 97.5 Å². The summed E-state index contributed by atoms with van der Waals surface area (Å²) in [7, 11) is -9.92. The van der Waals surface area contributed by atoms with Crippen molar-refractivity contribution in [3.63, 3.8) is 0 Å². The summed E-state index contributed by atoms with van der Waals surface area (Å²) in [5, 5.41) is 10.6. The Kier molecular flexibility index (Phi) is 65.6. The van der Waals surface area contributed by atoms with Crippen LogP contribution >= 0.6 is 15.6 Å². The molecule has 19 heteroatoms. The number of rotatable bonds is 73. The summed E-state index contributed by atoms with van der Waals surface area (Å²) < 4.78 is 68.5. The van der Waals surface area contributed by atoms with Gasteiger partial charge in [0.25, 0.3) is 0 Å². The number of phosphoric ester groups is 2. The van der Waals surface area contributed by atoms with Crippen LogP contribution in [0.3, 0.4) is 0 Å². The van der Waals surface area contributed by atoms with Crippen LogP contribution in [0.15, 0.2) is 24.3 Å². The lowest BCUT2D eigenvalue weighted by atomic mass is 10.0. The van der Waals surface area contributed by atoms with E-state index in [4.69, 9.17) is 37.0 Å². The van der Waals surface area contributed by atoms with Gasteiger partial charge in [-0.25, -0.2) is 9.13 Å². The van der Waals surface area contributed by atoms with E-state index in [0.29, 0.717) is 25.7 Å². The molecule has 0 saturated heterocycles. The molecule has 0 saturated carbocycles. The van der Waals surface area contributed by atoms with Gasteiger partial charge in [0, 0.05) is 25.7 Å². The summed E-state index contributed by atoms with van der Waals surface area (Å²) in [6, 6.07) is 0. The predicted octanol–water partition coefficient (Wildman–Crippen LogP) is 21.9. The van der Waals surface area contributed by atoms with Gasteiger partial charge in [-0.3, -0.25) is 37.3 Å². The molecule has 0 fully saturated rings. The molecule has 0 aliphatic heterocycles. The van der Waals surface area contributed by atoms with E-state index in [9.17, 15) is 43.2 Å². The summed E-state index contributed by atoms with van der Waals surface area (Å²) in [4.78, 5) is 72.8. The van der Waals surface area contributed by atoms with Crippen LogP contribution in [-0.2, 0) is 65.4 Å². The number of hydrogen-bond acceptors (Lipinski definition) is 15. The predicted molar refractivity (Wildman–Crippen MR) is 386 cm³/mol. The van der Waals surface area contributed by atoms with Crippen molar-refractivity contribution >= 4 is 39.5 Å². The number of unbranched alkanes of at least 4 members (excludes halogenated alkanes) is 40. The Hall–Kier alpha value is -2.46. The Morgan fingerprint density at radius 3 is 0.863 bits per heavy atom. The van der Waals surface area contributed by atoms with Crippen LogP contribution < -0.4 is 0 Å². The quantitative estimate of drug-likeness (QED) is 0.0169. The molecular formula is C76H144O17P2. The highest BCUT2D eigenvalue weighted by molar-refractivity contribution is 7.47. The van der Waals surface area contributed by atoms with Crippen molar-refractivity contribution in [1.82, 2.24) is 0 Å². The van der Waals surface area contributed by atoms with Gasteiger partial charge >= 0.3 is 39.5 Å². The van der Waals surface area contributed by atoms with Crippen LogP contribution in [0.4, 0.5) is 0 Å². The first kappa shape index (κ1) is 92.5. The Balaban J connectivity index is 5.30. The van der Waals surface area contributed by atoms with Crippen LogP contribution in [0.5, 0.6) is 0 Å². The third kappa shape index (κ3) is 69.8. The van der Waals surface area contributed by atoms with Crippen molar-refractivity contribution in [2.24, 2.45) is 11.8 Å². The van der Waals surface area contributed by atoms with E-state index in [1.165, 1.54) is 173 Å². The molecule has 0 aliphatic carbocycles.